The summed E-state index contributed by atoms with van der Waals surface area (Å²) < 4.78 is 46.9. The van der Waals surface area contributed by atoms with Crippen LogP contribution in [-0.4, -0.2) is 62.3 Å². The highest BCUT2D eigenvalue weighted by molar-refractivity contribution is 5.69. The Balaban J connectivity index is 1.28. The largest absolute Gasteiger partial charge is 0.465 e. The van der Waals surface area contributed by atoms with Gasteiger partial charge in [-0.15, -0.1) is 0 Å². The Kier molecular flexibility index (Phi) is 35.9. The molecule has 79 heavy (non-hydrogen) atoms. The average Bonchev–Trinajstić information content (AvgIpc) is 3.48. The molecule has 0 aliphatic carbocycles. The van der Waals surface area contributed by atoms with E-state index in [9.17, 15) is 9.59 Å². The molecule has 0 bridgehead atoms. The summed E-state index contributed by atoms with van der Waals surface area (Å²) in [5, 5.41) is 0. The van der Waals surface area contributed by atoms with Crippen LogP contribution in [0.25, 0.3) is 0 Å². The van der Waals surface area contributed by atoms with Crippen molar-refractivity contribution in [1.29, 1.82) is 0 Å². The zero-order valence-corrected chi connectivity index (χ0v) is 49.1. The fourth-order valence-corrected chi connectivity index (χ4v) is 10.7. The van der Waals surface area contributed by atoms with E-state index in [0.717, 1.165) is 60.8 Å². The molecule has 0 N–H and O–H groups in total. The van der Waals surface area contributed by atoms with E-state index in [1.54, 1.807) is 0 Å². The Bertz CT molecular complexity index is 2010. The van der Waals surface area contributed by atoms with E-state index in [1.165, 1.54) is 128 Å². The van der Waals surface area contributed by atoms with Crippen molar-refractivity contribution >= 4 is 11.9 Å². The van der Waals surface area contributed by atoms with E-state index in [2.05, 4.69) is 62.4 Å². The number of ether oxygens (including phenoxy) is 7. The maximum Gasteiger partial charge on any atom is 0.305 e. The quantitative estimate of drug-likeness (QED) is 0.0316. The van der Waals surface area contributed by atoms with E-state index < -0.39 is 30.5 Å². The van der Waals surface area contributed by atoms with Gasteiger partial charge in [-0.1, -0.05) is 289 Å². The summed E-state index contributed by atoms with van der Waals surface area (Å²) >= 11 is 0. The Morgan fingerprint density at radius 3 is 1.04 bits per heavy atom. The summed E-state index contributed by atoms with van der Waals surface area (Å²) in [6.45, 7) is 6.31. The zero-order valence-electron chi connectivity index (χ0n) is 49.1. The number of unbranched alkanes of at least 4 members (excludes halogenated alkanes) is 24. The van der Waals surface area contributed by atoms with Gasteiger partial charge in [-0.05, 0) is 41.5 Å². The van der Waals surface area contributed by atoms with Crippen LogP contribution in [0.4, 0.5) is 0 Å². The first kappa shape index (κ1) is 65.4. The van der Waals surface area contributed by atoms with E-state index in [-0.39, 0.29) is 37.7 Å². The zero-order chi connectivity index (χ0) is 55.5. The molecule has 0 amide bonds. The standard InChI is InChI=1S/C70H104O9/c1-3-5-7-9-11-13-15-17-19-21-23-25-39-49-66(71)74-56-63(57-75-67(72)50-40-26-24-22-20-18-16-14-12-10-8-6-4-2)51-64-68(76-53-60-43-33-28-34-44-60)70(78-55-62-47-37-30-38-48-62)69(77-54-61-45-35-29-36-46-61)65(79-64)58-73-52-59-41-31-27-32-42-59/h27-38,41-48,63-65,68-70H,3-26,39-40,49-58H2,1-2H3/t64-,65+,68-,69-,70+/m0/s1. The molecule has 1 aliphatic rings. The molecule has 9 nitrogen and oxygen atoms in total. The molecular formula is C70H104O9. The van der Waals surface area contributed by atoms with E-state index >= 15 is 0 Å². The molecule has 0 unspecified atom stereocenters. The van der Waals surface area contributed by atoms with Crippen LogP contribution in [0.2, 0.25) is 0 Å². The highest BCUT2D eigenvalue weighted by Gasteiger charge is 2.49. The molecule has 1 heterocycles. The lowest BCUT2D eigenvalue weighted by molar-refractivity contribution is -0.275. The Morgan fingerprint density at radius 2 is 0.684 bits per heavy atom. The SMILES string of the molecule is CCCCCCCCCCCCCCCC(=O)OCC(COC(=O)CCCCCCCCCCCCCCC)C[C@@H]1O[C@H](COCc2ccccc2)[C@H](OCc2ccccc2)[C@H](OCc2ccccc2)[C@H]1OCc1ccccc1. The van der Waals surface area contributed by atoms with Crippen LogP contribution in [0.1, 0.15) is 222 Å². The number of carbonyl (C=O) groups is 2. The molecule has 1 fully saturated rings. The summed E-state index contributed by atoms with van der Waals surface area (Å²) in [5.41, 5.74) is 4.12. The second-order valence-electron chi connectivity index (χ2n) is 22.5. The first-order valence-electron chi connectivity index (χ1n) is 31.6. The van der Waals surface area contributed by atoms with Crippen molar-refractivity contribution in [2.45, 2.75) is 257 Å². The normalized spacial score (nSPS) is 17.3. The predicted octanol–water partition coefficient (Wildman–Crippen LogP) is 17.8. The van der Waals surface area contributed by atoms with Crippen molar-refractivity contribution < 1.29 is 42.7 Å². The smallest absolute Gasteiger partial charge is 0.305 e. The van der Waals surface area contributed by atoms with Crippen LogP contribution in [0.15, 0.2) is 121 Å². The fraction of sp³-hybridized carbons (Fsp3) is 0.629. The van der Waals surface area contributed by atoms with Crippen molar-refractivity contribution in [3.63, 3.8) is 0 Å². The van der Waals surface area contributed by atoms with Gasteiger partial charge in [0.1, 0.15) is 24.4 Å². The van der Waals surface area contributed by atoms with Crippen molar-refractivity contribution in [1.82, 2.24) is 0 Å². The monoisotopic (exact) mass is 1090 g/mol. The van der Waals surface area contributed by atoms with Crippen LogP contribution in [0.5, 0.6) is 0 Å². The van der Waals surface area contributed by atoms with Crippen LogP contribution in [-0.2, 0) is 69.2 Å². The van der Waals surface area contributed by atoms with Crippen molar-refractivity contribution in [3.05, 3.63) is 144 Å². The van der Waals surface area contributed by atoms with Crippen LogP contribution in [0, 0.1) is 5.92 Å². The van der Waals surface area contributed by atoms with Gasteiger partial charge in [0.25, 0.3) is 0 Å². The lowest BCUT2D eigenvalue weighted by atomic mass is 9.89. The lowest BCUT2D eigenvalue weighted by Gasteiger charge is -2.47. The minimum absolute atomic E-state index is 0.0905. The molecule has 4 aromatic rings. The van der Waals surface area contributed by atoms with Crippen molar-refractivity contribution in [3.8, 4) is 0 Å². The van der Waals surface area contributed by atoms with Gasteiger partial charge >= 0.3 is 11.9 Å². The predicted molar refractivity (Wildman–Crippen MR) is 320 cm³/mol. The number of hydrogen-bond donors (Lipinski definition) is 0. The second-order valence-corrected chi connectivity index (χ2v) is 22.5. The van der Waals surface area contributed by atoms with Gasteiger partial charge in [0.05, 0.1) is 52.4 Å². The van der Waals surface area contributed by atoms with Gasteiger partial charge in [0.15, 0.2) is 0 Å². The third-order valence-corrected chi connectivity index (χ3v) is 15.5. The van der Waals surface area contributed by atoms with Crippen LogP contribution >= 0.6 is 0 Å². The number of carbonyl (C=O) groups excluding carboxylic acids is 2. The summed E-state index contributed by atoms with van der Waals surface area (Å²) in [7, 11) is 0. The molecule has 5 rings (SSSR count). The van der Waals surface area contributed by atoms with Crippen LogP contribution < -0.4 is 0 Å². The van der Waals surface area contributed by atoms with Gasteiger partial charge in [-0.3, -0.25) is 9.59 Å². The van der Waals surface area contributed by atoms with Gasteiger partial charge in [0, 0.05) is 18.8 Å². The van der Waals surface area contributed by atoms with Gasteiger partial charge in [0.2, 0.25) is 0 Å². The maximum atomic E-state index is 13.5. The van der Waals surface area contributed by atoms with E-state index in [1.807, 2.05) is 72.8 Å². The van der Waals surface area contributed by atoms with Gasteiger partial charge < -0.3 is 33.2 Å². The molecule has 5 atom stereocenters. The molecule has 0 aromatic heterocycles. The molecular weight excluding hydrogens is 985 g/mol. The Hall–Kier alpha value is -4.38. The Labute approximate surface area is 479 Å². The van der Waals surface area contributed by atoms with Gasteiger partial charge in [-0.25, -0.2) is 0 Å². The topological polar surface area (TPSA) is 98.8 Å². The van der Waals surface area contributed by atoms with E-state index in [0.29, 0.717) is 45.7 Å². The fourth-order valence-electron chi connectivity index (χ4n) is 10.7. The second kappa shape index (κ2) is 43.4. The summed E-state index contributed by atoms with van der Waals surface area (Å²) in [4.78, 5) is 27.0. The summed E-state index contributed by atoms with van der Waals surface area (Å²) in [6, 6.07) is 40.6. The minimum Gasteiger partial charge on any atom is -0.465 e. The van der Waals surface area contributed by atoms with Crippen molar-refractivity contribution in [2.75, 3.05) is 19.8 Å². The average molecular weight is 1090 g/mol. The maximum absolute atomic E-state index is 13.5. The molecule has 0 radical (unpaired) electrons. The number of rotatable bonds is 47. The summed E-state index contributed by atoms with van der Waals surface area (Å²) in [5.74, 6) is -0.821. The molecule has 1 saturated heterocycles. The molecule has 9 heteroatoms. The molecule has 0 saturated carbocycles. The highest BCUT2D eigenvalue weighted by atomic mass is 16.6. The molecule has 0 spiro atoms. The third-order valence-electron chi connectivity index (χ3n) is 15.5. The van der Waals surface area contributed by atoms with Crippen LogP contribution in [0.3, 0.4) is 0 Å². The minimum atomic E-state index is -0.624. The first-order chi connectivity index (χ1) is 39.0. The lowest BCUT2D eigenvalue weighted by Crippen LogP contribution is -2.61. The Morgan fingerprint density at radius 1 is 0.380 bits per heavy atom. The van der Waals surface area contributed by atoms with Crippen molar-refractivity contribution in [2.24, 2.45) is 5.92 Å². The van der Waals surface area contributed by atoms with Gasteiger partial charge in [-0.2, -0.15) is 0 Å². The number of benzene rings is 4. The van der Waals surface area contributed by atoms with E-state index in [4.69, 9.17) is 33.2 Å². The first-order valence-corrected chi connectivity index (χ1v) is 31.6. The summed E-state index contributed by atoms with van der Waals surface area (Å²) in [6.07, 6.45) is 30.4. The molecule has 1 aliphatic heterocycles. The molecule has 438 valence electrons. The number of hydrogen-bond acceptors (Lipinski definition) is 9. The number of esters is 2. The highest BCUT2D eigenvalue weighted by Crippen LogP contribution is 2.34. The molecule has 4 aromatic carbocycles. The third kappa shape index (κ3) is 29.8.